The SMILES string of the molecule is C=CC(=O)NC1(C)CN(c2nc(Nc3cnn(C)c3)c3ncn(C(C)C)c3n2)C1. The van der Waals surface area contributed by atoms with Crippen LogP contribution in [0.5, 0.6) is 0 Å². The number of aryl methyl sites for hydroxylation is 1. The minimum absolute atomic E-state index is 0.180. The summed E-state index contributed by atoms with van der Waals surface area (Å²) >= 11 is 0. The average molecular weight is 395 g/mol. The van der Waals surface area contributed by atoms with Crippen molar-refractivity contribution in [2.24, 2.45) is 7.05 Å². The predicted molar refractivity (Wildman–Crippen MR) is 111 cm³/mol. The number of rotatable bonds is 6. The van der Waals surface area contributed by atoms with E-state index in [9.17, 15) is 4.79 Å². The second-order valence-electron chi connectivity index (χ2n) is 7.93. The van der Waals surface area contributed by atoms with Crippen molar-refractivity contribution >= 4 is 34.5 Å². The Morgan fingerprint density at radius 1 is 1.34 bits per heavy atom. The molecule has 1 aliphatic heterocycles. The minimum atomic E-state index is -0.334. The minimum Gasteiger partial charge on any atom is -0.344 e. The zero-order valence-electron chi connectivity index (χ0n) is 17.0. The van der Waals surface area contributed by atoms with Crippen LogP contribution in [0.2, 0.25) is 0 Å². The molecule has 0 saturated carbocycles. The highest BCUT2D eigenvalue weighted by atomic mass is 16.1. The molecular weight excluding hydrogens is 370 g/mol. The first-order valence-corrected chi connectivity index (χ1v) is 9.48. The number of imidazole rings is 1. The largest absolute Gasteiger partial charge is 0.344 e. The first-order chi connectivity index (χ1) is 13.8. The number of nitrogens with zero attached hydrogens (tertiary/aromatic N) is 7. The molecule has 0 radical (unpaired) electrons. The topological polar surface area (TPSA) is 106 Å². The molecule has 10 nitrogen and oxygen atoms in total. The van der Waals surface area contributed by atoms with Crippen LogP contribution in [-0.2, 0) is 11.8 Å². The Kier molecular flexibility index (Phi) is 4.48. The number of nitrogens with one attached hydrogen (secondary N) is 2. The van der Waals surface area contributed by atoms with E-state index in [1.165, 1.54) is 6.08 Å². The lowest BCUT2D eigenvalue weighted by Gasteiger charge is -2.48. The van der Waals surface area contributed by atoms with Gasteiger partial charge < -0.3 is 20.1 Å². The van der Waals surface area contributed by atoms with E-state index in [0.717, 1.165) is 11.3 Å². The van der Waals surface area contributed by atoms with Gasteiger partial charge in [-0.2, -0.15) is 15.1 Å². The zero-order chi connectivity index (χ0) is 20.8. The number of fused-ring (bicyclic) bond motifs is 1. The number of hydrogen-bond acceptors (Lipinski definition) is 7. The van der Waals surface area contributed by atoms with Crippen molar-refractivity contribution in [1.29, 1.82) is 0 Å². The third kappa shape index (κ3) is 3.53. The first kappa shape index (κ1) is 18.9. The molecular formula is C19H25N9O. The van der Waals surface area contributed by atoms with E-state index in [0.29, 0.717) is 30.4 Å². The summed E-state index contributed by atoms with van der Waals surface area (Å²) in [6.07, 6.45) is 6.68. The molecule has 10 heteroatoms. The van der Waals surface area contributed by atoms with Crippen LogP contribution in [0.1, 0.15) is 26.8 Å². The van der Waals surface area contributed by atoms with E-state index >= 15 is 0 Å². The molecule has 1 aliphatic rings. The van der Waals surface area contributed by atoms with Gasteiger partial charge in [0.15, 0.2) is 17.0 Å². The highest BCUT2D eigenvalue weighted by molar-refractivity contribution is 5.88. The fraction of sp³-hybridized carbons (Fsp3) is 0.421. The Bertz CT molecular complexity index is 1070. The molecule has 3 aromatic heterocycles. The number of anilines is 3. The average Bonchev–Trinajstić information content (AvgIpc) is 3.25. The van der Waals surface area contributed by atoms with E-state index in [-0.39, 0.29) is 17.5 Å². The smallest absolute Gasteiger partial charge is 0.243 e. The van der Waals surface area contributed by atoms with Gasteiger partial charge in [-0.05, 0) is 26.8 Å². The fourth-order valence-electron chi connectivity index (χ4n) is 3.50. The van der Waals surface area contributed by atoms with E-state index < -0.39 is 0 Å². The summed E-state index contributed by atoms with van der Waals surface area (Å²) in [5.41, 5.74) is 1.96. The molecule has 152 valence electrons. The van der Waals surface area contributed by atoms with Crippen LogP contribution in [0.4, 0.5) is 17.5 Å². The summed E-state index contributed by atoms with van der Waals surface area (Å²) in [6.45, 7) is 10.9. The molecule has 1 amide bonds. The lowest BCUT2D eigenvalue weighted by Crippen LogP contribution is -2.69. The molecule has 0 aromatic carbocycles. The Morgan fingerprint density at radius 2 is 2.10 bits per heavy atom. The van der Waals surface area contributed by atoms with Crippen LogP contribution in [0.25, 0.3) is 11.2 Å². The third-order valence-electron chi connectivity index (χ3n) is 4.91. The van der Waals surface area contributed by atoms with Crippen molar-refractivity contribution in [3.63, 3.8) is 0 Å². The number of amides is 1. The summed E-state index contributed by atoms with van der Waals surface area (Å²) in [7, 11) is 1.86. The van der Waals surface area contributed by atoms with Gasteiger partial charge in [0.2, 0.25) is 11.9 Å². The van der Waals surface area contributed by atoms with Gasteiger partial charge in [0, 0.05) is 32.4 Å². The van der Waals surface area contributed by atoms with E-state index in [1.807, 2.05) is 29.6 Å². The molecule has 1 fully saturated rings. The fourth-order valence-corrected chi connectivity index (χ4v) is 3.50. The van der Waals surface area contributed by atoms with Gasteiger partial charge in [-0.25, -0.2) is 4.98 Å². The van der Waals surface area contributed by atoms with Crippen LogP contribution >= 0.6 is 0 Å². The molecule has 1 saturated heterocycles. The highest BCUT2D eigenvalue weighted by Gasteiger charge is 2.41. The van der Waals surface area contributed by atoms with Gasteiger partial charge in [-0.15, -0.1) is 0 Å². The van der Waals surface area contributed by atoms with Gasteiger partial charge in [-0.1, -0.05) is 6.58 Å². The van der Waals surface area contributed by atoms with Crippen LogP contribution in [-0.4, -0.2) is 53.8 Å². The highest BCUT2D eigenvalue weighted by Crippen LogP contribution is 2.30. The van der Waals surface area contributed by atoms with Crippen LogP contribution < -0.4 is 15.5 Å². The van der Waals surface area contributed by atoms with Crippen molar-refractivity contribution in [1.82, 2.24) is 34.6 Å². The normalized spacial score (nSPS) is 15.4. The van der Waals surface area contributed by atoms with Crippen LogP contribution in [0.3, 0.4) is 0 Å². The maximum atomic E-state index is 11.7. The molecule has 4 rings (SSSR count). The van der Waals surface area contributed by atoms with Gasteiger partial charge in [0.05, 0.1) is 23.8 Å². The summed E-state index contributed by atoms with van der Waals surface area (Å²) in [4.78, 5) is 27.7. The van der Waals surface area contributed by atoms with Crippen molar-refractivity contribution in [3.8, 4) is 0 Å². The molecule has 4 heterocycles. The molecule has 0 unspecified atom stereocenters. The molecule has 29 heavy (non-hydrogen) atoms. The maximum Gasteiger partial charge on any atom is 0.243 e. The number of hydrogen-bond donors (Lipinski definition) is 2. The predicted octanol–water partition coefficient (Wildman–Crippen LogP) is 1.77. The number of carbonyl (C=O) groups is 1. The van der Waals surface area contributed by atoms with Gasteiger partial charge in [-0.3, -0.25) is 9.48 Å². The quantitative estimate of drug-likeness (QED) is 0.613. The number of aromatic nitrogens is 6. The Morgan fingerprint density at radius 3 is 2.72 bits per heavy atom. The summed E-state index contributed by atoms with van der Waals surface area (Å²) in [5.74, 6) is 1.04. The summed E-state index contributed by atoms with van der Waals surface area (Å²) in [6, 6.07) is 0.211. The van der Waals surface area contributed by atoms with Crippen LogP contribution in [0, 0.1) is 0 Å². The molecule has 0 bridgehead atoms. The maximum absolute atomic E-state index is 11.7. The van der Waals surface area contributed by atoms with E-state index in [4.69, 9.17) is 9.97 Å². The Balaban J connectivity index is 1.68. The van der Waals surface area contributed by atoms with Gasteiger partial charge >= 0.3 is 0 Å². The zero-order valence-corrected chi connectivity index (χ0v) is 17.0. The van der Waals surface area contributed by atoms with Crippen molar-refractivity contribution in [2.45, 2.75) is 32.4 Å². The first-order valence-electron chi connectivity index (χ1n) is 9.48. The van der Waals surface area contributed by atoms with Crippen molar-refractivity contribution in [2.75, 3.05) is 23.3 Å². The van der Waals surface area contributed by atoms with Gasteiger partial charge in [0.1, 0.15) is 0 Å². The lowest BCUT2D eigenvalue weighted by molar-refractivity contribution is -0.118. The monoisotopic (exact) mass is 395 g/mol. The Hall–Kier alpha value is -3.43. The van der Waals surface area contributed by atoms with Crippen molar-refractivity contribution in [3.05, 3.63) is 31.4 Å². The lowest BCUT2D eigenvalue weighted by atomic mass is 9.92. The van der Waals surface area contributed by atoms with Gasteiger partial charge in [0.25, 0.3) is 0 Å². The standard InChI is InChI=1S/C19H25N9O/c1-6-14(29)25-19(4)9-27(10-19)18-23-16(22-13-7-21-26(5)8-13)15-17(24-18)28(11-20-15)12(2)3/h6-8,11-12H,1,9-10H2,2-5H3,(H,25,29)(H,22,23,24). The second-order valence-corrected chi connectivity index (χ2v) is 7.93. The van der Waals surface area contributed by atoms with Crippen molar-refractivity contribution < 1.29 is 4.79 Å². The van der Waals surface area contributed by atoms with E-state index in [2.05, 4.69) is 41.1 Å². The molecule has 0 atom stereocenters. The second kappa shape index (κ2) is 6.87. The molecule has 0 aliphatic carbocycles. The molecule has 2 N–H and O–H groups in total. The van der Waals surface area contributed by atoms with Crippen LogP contribution in [0.15, 0.2) is 31.4 Å². The Labute approximate surface area is 168 Å². The van der Waals surface area contributed by atoms with E-state index in [1.54, 1.807) is 17.2 Å². The molecule has 0 spiro atoms. The number of carbonyl (C=O) groups excluding carboxylic acids is 1. The third-order valence-corrected chi connectivity index (χ3v) is 4.91. The molecule has 3 aromatic rings. The summed E-state index contributed by atoms with van der Waals surface area (Å²) in [5, 5.41) is 10.5. The summed E-state index contributed by atoms with van der Waals surface area (Å²) < 4.78 is 3.74.